The number of ketones is 1. The Kier molecular flexibility index (Phi) is 4.81. The Morgan fingerprint density at radius 3 is 2.21 bits per heavy atom. The van der Waals surface area contributed by atoms with Crippen LogP contribution < -0.4 is 0 Å². The predicted octanol–water partition coefficient (Wildman–Crippen LogP) is 3.37. The first-order valence-electron chi connectivity index (χ1n) is 4.90. The lowest BCUT2D eigenvalue weighted by molar-refractivity contribution is -0.179. The number of aliphatic carboxylic acids is 1. The molecule has 0 saturated carbocycles. The topological polar surface area (TPSA) is 54.4 Å². The third kappa shape index (κ3) is 4.11. The van der Waals surface area contributed by atoms with E-state index in [4.69, 9.17) is 28.3 Å². The quantitative estimate of drug-likeness (QED) is 0.867. The van der Waals surface area contributed by atoms with Gasteiger partial charge in [-0.1, -0.05) is 29.3 Å². The molecule has 19 heavy (non-hydrogen) atoms. The molecule has 1 aromatic rings. The highest BCUT2D eigenvalue weighted by Crippen LogP contribution is 2.27. The summed E-state index contributed by atoms with van der Waals surface area (Å²) >= 11 is 11.3. The lowest BCUT2D eigenvalue weighted by atomic mass is 9.95. The maximum atomic E-state index is 12.2. The summed E-state index contributed by atoms with van der Waals surface area (Å²) in [5.41, 5.74) is 0.180. The standard InChI is InChI=1S/C11H7Cl2F3O3/c12-7-2-1-5(4-8(7)13)3-6(10(18)19)9(17)11(14,15)16/h1-2,4,6H,3H2,(H,18,19). The number of carboxylic acids is 1. The second kappa shape index (κ2) is 5.79. The van der Waals surface area contributed by atoms with Crippen molar-refractivity contribution in [3.8, 4) is 0 Å². The zero-order chi connectivity index (χ0) is 14.8. The Morgan fingerprint density at radius 2 is 1.79 bits per heavy atom. The summed E-state index contributed by atoms with van der Waals surface area (Å²) in [5, 5.41) is 8.96. The molecule has 1 atom stereocenters. The average molecular weight is 315 g/mol. The van der Waals surface area contributed by atoms with Gasteiger partial charge in [-0.25, -0.2) is 0 Å². The average Bonchev–Trinajstić information content (AvgIpc) is 2.28. The molecule has 0 aromatic heterocycles. The maximum absolute atomic E-state index is 12.2. The Balaban J connectivity index is 3.00. The van der Waals surface area contributed by atoms with Crippen molar-refractivity contribution < 1.29 is 27.9 Å². The van der Waals surface area contributed by atoms with Gasteiger partial charge in [0, 0.05) is 0 Å². The lowest BCUT2D eigenvalue weighted by Crippen LogP contribution is -2.36. The first kappa shape index (κ1) is 15.8. The molecule has 0 heterocycles. The van der Waals surface area contributed by atoms with Crippen molar-refractivity contribution in [2.75, 3.05) is 0 Å². The highest BCUT2D eigenvalue weighted by molar-refractivity contribution is 6.42. The number of benzene rings is 1. The van der Waals surface area contributed by atoms with E-state index in [1.807, 2.05) is 0 Å². The monoisotopic (exact) mass is 314 g/mol. The van der Waals surface area contributed by atoms with Gasteiger partial charge in [0.2, 0.25) is 0 Å². The fourth-order valence-electron chi connectivity index (χ4n) is 1.39. The van der Waals surface area contributed by atoms with E-state index in [0.29, 0.717) is 0 Å². The first-order valence-corrected chi connectivity index (χ1v) is 5.66. The van der Waals surface area contributed by atoms with Gasteiger partial charge in [-0.15, -0.1) is 0 Å². The van der Waals surface area contributed by atoms with Gasteiger partial charge in [-0.3, -0.25) is 9.59 Å². The summed E-state index contributed by atoms with van der Waals surface area (Å²) in [6.45, 7) is 0. The maximum Gasteiger partial charge on any atom is 0.450 e. The van der Waals surface area contributed by atoms with Crippen LogP contribution in [0.1, 0.15) is 5.56 Å². The second-order valence-corrected chi connectivity index (χ2v) is 4.52. The molecule has 0 radical (unpaired) electrons. The van der Waals surface area contributed by atoms with Gasteiger partial charge in [0.25, 0.3) is 5.78 Å². The smallest absolute Gasteiger partial charge is 0.450 e. The number of halogens is 5. The number of alkyl halides is 3. The van der Waals surface area contributed by atoms with Gasteiger partial charge in [0.15, 0.2) is 0 Å². The van der Waals surface area contributed by atoms with Crippen LogP contribution in [-0.2, 0) is 16.0 Å². The second-order valence-electron chi connectivity index (χ2n) is 3.71. The van der Waals surface area contributed by atoms with Crippen molar-refractivity contribution in [3.05, 3.63) is 33.8 Å². The molecule has 8 heteroatoms. The normalized spacial score (nSPS) is 13.1. The highest BCUT2D eigenvalue weighted by Gasteiger charge is 2.46. The molecule has 0 bridgehead atoms. The van der Waals surface area contributed by atoms with Crippen LogP contribution in [0.5, 0.6) is 0 Å². The van der Waals surface area contributed by atoms with Crippen molar-refractivity contribution >= 4 is 35.0 Å². The van der Waals surface area contributed by atoms with Crippen LogP contribution in [0.4, 0.5) is 13.2 Å². The fourth-order valence-corrected chi connectivity index (χ4v) is 1.71. The third-order valence-corrected chi connectivity index (χ3v) is 3.06. The number of Topliss-reactive ketones (excluding diaryl/α,β-unsaturated/α-hetero) is 1. The van der Waals surface area contributed by atoms with Crippen LogP contribution in [0.25, 0.3) is 0 Å². The number of hydrogen-bond acceptors (Lipinski definition) is 2. The van der Waals surface area contributed by atoms with E-state index < -0.39 is 30.3 Å². The van der Waals surface area contributed by atoms with E-state index in [1.54, 1.807) is 0 Å². The number of rotatable bonds is 4. The number of hydrogen-bond donors (Lipinski definition) is 1. The Morgan fingerprint density at radius 1 is 1.21 bits per heavy atom. The molecule has 0 saturated heterocycles. The van der Waals surface area contributed by atoms with E-state index in [9.17, 15) is 22.8 Å². The van der Waals surface area contributed by atoms with Crippen molar-refractivity contribution in [2.24, 2.45) is 5.92 Å². The molecule has 104 valence electrons. The zero-order valence-corrected chi connectivity index (χ0v) is 10.7. The van der Waals surface area contributed by atoms with Crippen LogP contribution >= 0.6 is 23.2 Å². The molecule has 0 aliphatic rings. The molecule has 0 fully saturated rings. The first-order chi connectivity index (χ1) is 8.62. The minimum Gasteiger partial charge on any atom is -0.481 e. The zero-order valence-electron chi connectivity index (χ0n) is 9.17. The number of carbonyl (C=O) groups is 2. The molecular weight excluding hydrogens is 308 g/mol. The van der Waals surface area contributed by atoms with Gasteiger partial charge in [0.1, 0.15) is 5.92 Å². The van der Waals surface area contributed by atoms with Crippen molar-refractivity contribution in [1.29, 1.82) is 0 Å². The van der Waals surface area contributed by atoms with Gasteiger partial charge in [0.05, 0.1) is 10.0 Å². The van der Waals surface area contributed by atoms with Crippen LogP contribution in [0, 0.1) is 5.92 Å². The van der Waals surface area contributed by atoms with Gasteiger partial charge < -0.3 is 5.11 Å². The van der Waals surface area contributed by atoms with E-state index in [0.717, 1.165) is 0 Å². The number of carboxylic acid groups (broad SMARTS) is 1. The predicted molar refractivity (Wildman–Crippen MR) is 62.4 cm³/mol. The van der Waals surface area contributed by atoms with Crippen LogP contribution in [0.2, 0.25) is 10.0 Å². The Hall–Kier alpha value is -1.27. The minimum atomic E-state index is -5.20. The van der Waals surface area contributed by atoms with Crippen LogP contribution in [0.15, 0.2) is 18.2 Å². The van der Waals surface area contributed by atoms with Crippen molar-refractivity contribution in [1.82, 2.24) is 0 Å². The van der Waals surface area contributed by atoms with Crippen LogP contribution in [0.3, 0.4) is 0 Å². The van der Waals surface area contributed by atoms with Crippen molar-refractivity contribution in [3.63, 3.8) is 0 Å². The van der Waals surface area contributed by atoms with E-state index in [1.165, 1.54) is 18.2 Å². The van der Waals surface area contributed by atoms with Gasteiger partial charge in [-0.05, 0) is 24.1 Å². The summed E-state index contributed by atoms with van der Waals surface area (Å²) in [7, 11) is 0. The summed E-state index contributed by atoms with van der Waals surface area (Å²) in [5.74, 6) is -6.34. The summed E-state index contributed by atoms with van der Waals surface area (Å²) in [4.78, 5) is 21.8. The van der Waals surface area contributed by atoms with E-state index >= 15 is 0 Å². The van der Waals surface area contributed by atoms with Crippen molar-refractivity contribution in [2.45, 2.75) is 12.6 Å². The fraction of sp³-hybridized carbons (Fsp3) is 0.273. The Bertz CT molecular complexity index is 514. The largest absolute Gasteiger partial charge is 0.481 e. The molecular formula is C11H7Cl2F3O3. The molecule has 3 nitrogen and oxygen atoms in total. The van der Waals surface area contributed by atoms with Gasteiger partial charge in [-0.2, -0.15) is 13.2 Å². The van der Waals surface area contributed by atoms with E-state index in [-0.39, 0.29) is 15.6 Å². The molecule has 0 aliphatic heterocycles. The minimum absolute atomic E-state index is 0.0720. The molecule has 1 aromatic carbocycles. The van der Waals surface area contributed by atoms with Crippen LogP contribution in [-0.4, -0.2) is 23.0 Å². The Labute approximate surface area is 115 Å². The lowest BCUT2D eigenvalue weighted by Gasteiger charge is -2.13. The van der Waals surface area contributed by atoms with Gasteiger partial charge >= 0.3 is 12.1 Å². The summed E-state index contributed by atoms with van der Waals surface area (Å²) < 4.78 is 36.7. The summed E-state index contributed by atoms with van der Waals surface area (Å²) in [6, 6.07) is 3.85. The molecule has 1 rings (SSSR count). The summed E-state index contributed by atoms with van der Waals surface area (Å²) in [6.07, 6.45) is -5.80. The molecule has 1 N–H and O–H groups in total. The molecule has 0 spiro atoms. The molecule has 0 aliphatic carbocycles. The SMILES string of the molecule is O=C(O)C(Cc1ccc(Cl)c(Cl)c1)C(=O)C(F)(F)F. The van der Waals surface area contributed by atoms with E-state index in [2.05, 4.69) is 0 Å². The number of carbonyl (C=O) groups excluding carboxylic acids is 1. The molecule has 1 unspecified atom stereocenters. The third-order valence-electron chi connectivity index (χ3n) is 2.32. The highest BCUT2D eigenvalue weighted by atomic mass is 35.5. The molecule has 0 amide bonds.